The van der Waals surface area contributed by atoms with Crippen molar-refractivity contribution in [1.29, 1.82) is 0 Å². The number of rotatable bonds is 5. The smallest absolute Gasteiger partial charge is 0.231 e. The molecule has 1 aromatic heterocycles. The maximum Gasteiger partial charge on any atom is 0.231 e. The van der Waals surface area contributed by atoms with Crippen LogP contribution in [-0.2, 0) is 0 Å². The lowest BCUT2D eigenvalue weighted by Gasteiger charge is -2.42. The van der Waals surface area contributed by atoms with Gasteiger partial charge in [-0.3, -0.25) is 0 Å². The van der Waals surface area contributed by atoms with E-state index < -0.39 is 0 Å². The number of anilines is 3. The van der Waals surface area contributed by atoms with Crippen LogP contribution >= 0.6 is 0 Å². The molecule has 0 amide bonds. The van der Waals surface area contributed by atoms with E-state index in [2.05, 4.69) is 32.5 Å². The molecule has 1 fully saturated rings. The summed E-state index contributed by atoms with van der Waals surface area (Å²) in [4.78, 5) is 15.0. The average molecular weight is 250 g/mol. The Labute approximate surface area is 108 Å². The Morgan fingerprint density at radius 3 is 2.28 bits per heavy atom. The van der Waals surface area contributed by atoms with Gasteiger partial charge in [-0.15, -0.1) is 0 Å². The van der Waals surface area contributed by atoms with Gasteiger partial charge in [-0.2, -0.15) is 15.0 Å². The molecule has 1 aliphatic rings. The molecule has 0 aromatic carbocycles. The second-order valence-corrected chi connectivity index (χ2v) is 5.04. The fraction of sp³-hybridized carbons (Fsp3) is 0.750. The van der Waals surface area contributed by atoms with Crippen molar-refractivity contribution in [2.75, 3.05) is 36.7 Å². The van der Waals surface area contributed by atoms with Gasteiger partial charge in [0.25, 0.3) is 0 Å². The minimum atomic E-state index is 0.190. The Morgan fingerprint density at radius 2 is 1.83 bits per heavy atom. The van der Waals surface area contributed by atoms with Crippen molar-refractivity contribution in [3.8, 4) is 0 Å². The summed E-state index contributed by atoms with van der Waals surface area (Å²) < 4.78 is 0. The monoisotopic (exact) mass is 250 g/mol. The molecular weight excluding hydrogens is 228 g/mol. The third-order valence-corrected chi connectivity index (χ3v) is 3.61. The van der Waals surface area contributed by atoms with Crippen LogP contribution in [0.5, 0.6) is 0 Å². The zero-order valence-corrected chi connectivity index (χ0v) is 11.6. The number of hydrogen-bond acceptors (Lipinski definition) is 6. The predicted octanol–water partition coefficient (Wildman–Crippen LogP) is 1.72. The maximum absolute atomic E-state index is 4.45. The van der Waals surface area contributed by atoms with Crippen molar-refractivity contribution in [3.05, 3.63) is 0 Å². The molecule has 18 heavy (non-hydrogen) atoms. The minimum Gasteiger partial charge on any atom is -0.357 e. The van der Waals surface area contributed by atoms with E-state index in [1.54, 1.807) is 0 Å². The van der Waals surface area contributed by atoms with Gasteiger partial charge in [-0.05, 0) is 25.7 Å². The third-order valence-electron chi connectivity index (χ3n) is 3.61. The van der Waals surface area contributed by atoms with Gasteiger partial charge in [0.1, 0.15) is 0 Å². The first-order chi connectivity index (χ1) is 8.58. The predicted molar refractivity (Wildman–Crippen MR) is 74.2 cm³/mol. The van der Waals surface area contributed by atoms with Gasteiger partial charge in [-0.1, -0.05) is 6.92 Å². The molecule has 0 aliphatic heterocycles. The highest BCUT2D eigenvalue weighted by Gasteiger charge is 2.35. The summed E-state index contributed by atoms with van der Waals surface area (Å²) >= 11 is 0. The molecule has 0 spiro atoms. The summed E-state index contributed by atoms with van der Waals surface area (Å²) in [5.74, 6) is 1.93. The molecule has 0 saturated heterocycles. The summed E-state index contributed by atoms with van der Waals surface area (Å²) in [5, 5.41) is 6.46. The summed E-state index contributed by atoms with van der Waals surface area (Å²) in [6, 6.07) is 0. The van der Waals surface area contributed by atoms with Crippen LogP contribution in [0.2, 0.25) is 0 Å². The largest absolute Gasteiger partial charge is 0.357 e. The Balaban J connectivity index is 2.23. The van der Waals surface area contributed by atoms with Crippen LogP contribution in [0.3, 0.4) is 0 Å². The third kappa shape index (κ3) is 2.47. The highest BCUT2D eigenvalue weighted by Crippen LogP contribution is 2.37. The van der Waals surface area contributed by atoms with Gasteiger partial charge in [0.05, 0.1) is 0 Å². The number of nitrogens with zero attached hydrogens (tertiary/aromatic N) is 4. The molecule has 6 heteroatoms. The van der Waals surface area contributed by atoms with E-state index in [1.165, 1.54) is 19.3 Å². The summed E-state index contributed by atoms with van der Waals surface area (Å²) in [6.45, 7) is 2.21. The van der Waals surface area contributed by atoms with E-state index >= 15 is 0 Å². The number of aromatic nitrogens is 3. The first-order valence-electron chi connectivity index (χ1n) is 6.48. The molecule has 0 radical (unpaired) electrons. The summed E-state index contributed by atoms with van der Waals surface area (Å²) in [5.41, 5.74) is 0.190. The van der Waals surface area contributed by atoms with E-state index in [0.29, 0.717) is 17.8 Å². The molecule has 2 N–H and O–H groups in total. The van der Waals surface area contributed by atoms with Crippen molar-refractivity contribution in [3.63, 3.8) is 0 Å². The molecule has 2 rings (SSSR count). The average Bonchev–Trinajstić information content (AvgIpc) is 2.33. The second kappa shape index (κ2) is 4.96. The Morgan fingerprint density at radius 1 is 1.17 bits per heavy atom. The lowest BCUT2D eigenvalue weighted by molar-refractivity contribution is 0.268. The highest BCUT2D eigenvalue weighted by molar-refractivity contribution is 5.44. The summed E-state index contributed by atoms with van der Waals surface area (Å²) in [7, 11) is 5.67. The second-order valence-electron chi connectivity index (χ2n) is 5.04. The molecule has 0 atom stereocenters. The molecule has 0 unspecified atom stereocenters. The van der Waals surface area contributed by atoms with Gasteiger partial charge in [0.2, 0.25) is 17.8 Å². The molecule has 6 nitrogen and oxygen atoms in total. The normalized spacial score (nSPS) is 16.9. The molecule has 0 bridgehead atoms. The van der Waals surface area contributed by atoms with Crippen molar-refractivity contribution < 1.29 is 0 Å². The lowest BCUT2D eigenvalue weighted by Crippen LogP contribution is -2.44. The Bertz CT molecular complexity index is 408. The van der Waals surface area contributed by atoms with E-state index in [9.17, 15) is 0 Å². The van der Waals surface area contributed by atoms with Crippen molar-refractivity contribution in [2.45, 2.75) is 38.1 Å². The quantitative estimate of drug-likeness (QED) is 0.829. The number of hydrogen-bond donors (Lipinski definition) is 2. The minimum absolute atomic E-state index is 0.190. The highest BCUT2D eigenvalue weighted by atomic mass is 15.3. The molecule has 1 aromatic rings. The molecular formula is C12H22N6. The molecule has 1 saturated carbocycles. The van der Waals surface area contributed by atoms with E-state index in [-0.39, 0.29) is 5.54 Å². The van der Waals surface area contributed by atoms with Gasteiger partial charge in [0.15, 0.2) is 0 Å². The topological polar surface area (TPSA) is 66.0 Å². The fourth-order valence-corrected chi connectivity index (χ4v) is 2.14. The first-order valence-corrected chi connectivity index (χ1v) is 6.48. The van der Waals surface area contributed by atoms with Crippen LogP contribution in [0.1, 0.15) is 32.6 Å². The van der Waals surface area contributed by atoms with Gasteiger partial charge in [-0.25, -0.2) is 0 Å². The van der Waals surface area contributed by atoms with Crippen molar-refractivity contribution in [2.24, 2.45) is 0 Å². The molecule has 1 aliphatic carbocycles. The Kier molecular flexibility index (Phi) is 3.54. The van der Waals surface area contributed by atoms with E-state index in [4.69, 9.17) is 0 Å². The van der Waals surface area contributed by atoms with Crippen molar-refractivity contribution >= 4 is 17.8 Å². The lowest BCUT2D eigenvalue weighted by atomic mass is 9.75. The van der Waals surface area contributed by atoms with Crippen LogP contribution in [0, 0.1) is 0 Å². The van der Waals surface area contributed by atoms with Crippen LogP contribution in [0.4, 0.5) is 17.8 Å². The molecule has 1 heterocycles. The SMILES string of the molecule is CCC1(Nc2nc(NC)nc(N(C)C)n2)CCC1. The standard InChI is InChI=1S/C12H22N6/c1-5-12(7-6-8-12)17-10-14-9(13-2)15-11(16-10)18(3)4/h5-8H2,1-4H3,(H2,13,14,15,16,17). The van der Waals surface area contributed by atoms with Crippen molar-refractivity contribution in [1.82, 2.24) is 15.0 Å². The fourth-order valence-electron chi connectivity index (χ4n) is 2.14. The van der Waals surface area contributed by atoms with Crippen LogP contribution in [0.15, 0.2) is 0 Å². The summed E-state index contributed by atoms with van der Waals surface area (Å²) in [6.07, 6.45) is 4.78. The van der Waals surface area contributed by atoms with Crippen LogP contribution in [-0.4, -0.2) is 41.6 Å². The van der Waals surface area contributed by atoms with Gasteiger partial charge < -0.3 is 15.5 Å². The van der Waals surface area contributed by atoms with Crippen LogP contribution in [0.25, 0.3) is 0 Å². The van der Waals surface area contributed by atoms with Crippen LogP contribution < -0.4 is 15.5 Å². The molecule has 100 valence electrons. The maximum atomic E-state index is 4.45. The van der Waals surface area contributed by atoms with E-state index in [1.807, 2.05) is 26.0 Å². The number of nitrogens with one attached hydrogen (secondary N) is 2. The zero-order valence-electron chi connectivity index (χ0n) is 11.6. The van der Waals surface area contributed by atoms with Gasteiger partial charge >= 0.3 is 0 Å². The van der Waals surface area contributed by atoms with E-state index in [0.717, 1.165) is 6.42 Å². The zero-order chi connectivity index (χ0) is 13.2. The van der Waals surface area contributed by atoms with Gasteiger partial charge in [0, 0.05) is 26.7 Å². The first kappa shape index (κ1) is 12.9. The Hall–Kier alpha value is -1.59.